The third-order valence-electron chi connectivity index (χ3n) is 10.9. The molecule has 1 aromatic rings. The van der Waals surface area contributed by atoms with E-state index in [4.69, 9.17) is 10.5 Å². The summed E-state index contributed by atoms with van der Waals surface area (Å²) in [5.41, 5.74) is 9.23. The van der Waals surface area contributed by atoms with E-state index in [1.54, 1.807) is 0 Å². The van der Waals surface area contributed by atoms with E-state index in [2.05, 4.69) is 32.2 Å². The van der Waals surface area contributed by atoms with Crippen LogP contribution >= 0.6 is 0 Å². The van der Waals surface area contributed by atoms with Crippen LogP contribution in [0.3, 0.4) is 0 Å². The fourth-order valence-electron chi connectivity index (χ4n) is 9.10. The Balaban J connectivity index is 1.29. The zero-order chi connectivity index (χ0) is 21.8. The molecule has 0 aliphatic heterocycles. The second-order valence-electron chi connectivity index (χ2n) is 11.9. The Kier molecular flexibility index (Phi) is 5.46. The molecular formula is C28H44N2O. The van der Waals surface area contributed by atoms with Gasteiger partial charge in [-0.1, -0.05) is 27.2 Å². The van der Waals surface area contributed by atoms with Crippen molar-refractivity contribution in [2.45, 2.75) is 91.1 Å². The van der Waals surface area contributed by atoms with Crippen molar-refractivity contribution in [3.63, 3.8) is 0 Å². The third-order valence-corrected chi connectivity index (χ3v) is 10.9. The molecule has 0 spiro atoms. The highest BCUT2D eigenvalue weighted by Crippen LogP contribution is 2.67. The van der Waals surface area contributed by atoms with Crippen LogP contribution < -0.4 is 15.8 Å². The highest BCUT2D eigenvalue weighted by molar-refractivity contribution is 5.62. The van der Waals surface area contributed by atoms with Gasteiger partial charge in [0.15, 0.2) is 0 Å². The first kappa shape index (κ1) is 21.5. The average molecular weight is 425 g/mol. The average Bonchev–Trinajstić information content (AvgIpc) is 3.11. The predicted molar refractivity (Wildman–Crippen MR) is 130 cm³/mol. The Hall–Kier alpha value is -1.38. The van der Waals surface area contributed by atoms with Crippen molar-refractivity contribution < 1.29 is 4.74 Å². The Morgan fingerprint density at radius 3 is 2.52 bits per heavy atom. The van der Waals surface area contributed by atoms with Gasteiger partial charge in [0, 0.05) is 12.7 Å². The molecule has 5 rings (SSSR count). The quantitative estimate of drug-likeness (QED) is 0.506. The number of rotatable bonds is 4. The molecule has 0 saturated heterocycles. The monoisotopic (exact) mass is 424 g/mol. The predicted octanol–water partition coefficient (Wildman–Crippen LogP) is 7.13. The van der Waals surface area contributed by atoms with Gasteiger partial charge in [0.2, 0.25) is 0 Å². The molecule has 1 aromatic carbocycles. The summed E-state index contributed by atoms with van der Waals surface area (Å²) in [5, 5.41) is 3.16. The Bertz CT molecular complexity index is 808. The molecule has 31 heavy (non-hydrogen) atoms. The van der Waals surface area contributed by atoms with Crippen LogP contribution in [0.1, 0.15) is 85.0 Å². The first-order valence-corrected chi connectivity index (χ1v) is 13.1. The van der Waals surface area contributed by atoms with Crippen LogP contribution in [0.5, 0.6) is 5.75 Å². The summed E-state index contributed by atoms with van der Waals surface area (Å²) < 4.78 is 6.48. The van der Waals surface area contributed by atoms with Gasteiger partial charge in [-0.2, -0.15) is 0 Å². The van der Waals surface area contributed by atoms with E-state index in [0.717, 1.165) is 46.7 Å². The van der Waals surface area contributed by atoms with Crippen molar-refractivity contribution in [1.82, 2.24) is 0 Å². The summed E-state index contributed by atoms with van der Waals surface area (Å²) in [6, 6.07) is 6.09. The molecule has 0 heterocycles. The Labute approximate surface area is 189 Å². The first-order valence-electron chi connectivity index (χ1n) is 13.1. The number of nitrogen functional groups attached to an aromatic ring is 1. The van der Waals surface area contributed by atoms with E-state index < -0.39 is 0 Å². The van der Waals surface area contributed by atoms with Gasteiger partial charge in [0.05, 0.1) is 11.8 Å². The molecule has 3 N–H and O–H groups in total. The molecule has 3 heteroatoms. The molecule has 3 nitrogen and oxygen atoms in total. The van der Waals surface area contributed by atoms with Gasteiger partial charge in [0.25, 0.3) is 0 Å². The van der Waals surface area contributed by atoms with Crippen molar-refractivity contribution in [3.8, 4) is 5.75 Å². The van der Waals surface area contributed by atoms with Crippen LogP contribution in [0.4, 0.5) is 11.4 Å². The minimum Gasteiger partial charge on any atom is -0.488 e. The van der Waals surface area contributed by atoms with Gasteiger partial charge in [-0.3, -0.25) is 0 Å². The van der Waals surface area contributed by atoms with Crippen molar-refractivity contribution in [1.29, 1.82) is 0 Å². The van der Waals surface area contributed by atoms with E-state index in [-0.39, 0.29) is 0 Å². The highest BCUT2D eigenvalue weighted by Gasteiger charge is 2.59. The maximum atomic E-state index is 6.48. The van der Waals surface area contributed by atoms with Gasteiger partial charge >= 0.3 is 0 Å². The normalized spacial score (nSPS) is 44.1. The minimum atomic E-state index is 0.321. The molecule has 4 saturated carbocycles. The van der Waals surface area contributed by atoms with Gasteiger partial charge in [-0.05, 0) is 116 Å². The lowest BCUT2D eigenvalue weighted by Crippen LogP contribution is -2.54. The van der Waals surface area contributed by atoms with Crippen molar-refractivity contribution >= 4 is 11.4 Å². The standard InChI is InChI=1S/C28H44N2O/c1-5-18-7-10-23-22-9-6-19-16-21(31-26-11-8-20(30-4)17-25(26)29)12-14-28(19,3)24(22)13-15-27(18,23)2/h8,11,17-19,21-24,30H,5-7,9-10,12-16,29H2,1-4H3. The van der Waals surface area contributed by atoms with Gasteiger partial charge in [0.1, 0.15) is 5.75 Å². The van der Waals surface area contributed by atoms with E-state index in [9.17, 15) is 0 Å². The second-order valence-corrected chi connectivity index (χ2v) is 11.9. The molecule has 4 aliphatic carbocycles. The summed E-state index contributed by atoms with van der Waals surface area (Å²) in [6.07, 6.45) is 14.3. The summed E-state index contributed by atoms with van der Waals surface area (Å²) >= 11 is 0. The fourth-order valence-corrected chi connectivity index (χ4v) is 9.10. The van der Waals surface area contributed by atoms with Crippen LogP contribution in [0.2, 0.25) is 0 Å². The molecule has 8 unspecified atom stereocenters. The molecule has 0 aromatic heterocycles. The third kappa shape index (κ3) is 3.37. The number of nitrogens with one attached hydrogen (secondary N) is 1. The maximum Gasteiger partial charge on any atom is 0.142 e. The molecule has 0 bridgehead atoms. The van der Waals surface area contributed by atoms with Crippen LogP contribution in [-0.4, -0.2) is 13.2 Å². The number of hydrogen-bond donors (Lipinski definition) is 2. The zero-order valence-electron chi connectivity index (χ0n) is 20.3. The molecule has 8 atom stereocenters. The molecule has 4 fully saturated rings. The number of nitrogens with two attached hydrogens (primary N) is 1. The molecule has 172 valence electrons. The van der Waals surface area contributed by atoms with Gasteiger partial charge in [-0.15, -0.1) is 0 Å². The summed E-state index contributed by atoms with van der Waals surface area (Å²) in [7, 11) is 1.93. The maximum absolute atomic E-state index is 6.48. The molecule has 4 aliphatic rings. The molecule has 0 radical (unpaired) electrons. The number of benzene rings is 1. The SMILES string of the molecule is CCC1CCC2C3CCC4CC(Oc5ccc(NC)cc5N)CCC4(C)C3CCC12C. The molecular weight excluding hydrogens is 380 g/mol. The summed E-state index contributed by atoms with van der Waals surface area (Å²) in [5.74, 6) is 5.59. The van der Waals surface area contributed by atoms with Crippen molar-refractivity contribution in [2.24, 2.45) is 40.4 Å². The van der Waals surface area contributed by atoms with Crippen LogP contribution in [0.25, 0.3) is 0 Å². The Morgan fingerprint density at radius 1 is 1.00 bits per heavy atom. The Morgan fingerprint density at radius 2 is 1.77 bits per heavy atom. The van der Waals surface area contributed by atoms with E-state index in [1.807, 2.05) is 19.2 Å². The summed E-state index contributed by atoms with van der Waals surface area (Å²) in [4.78, 5) is 0. The van der Waals surface area contributed by atoms with E-state index in [1.165, 1.54) is 64.2 Å². The zero-order valence-corrected chi connectivity index (χ0v) is 20.3. The highest BCUT2D eigenvalue weighted by atomic mass is 16.5. The lowest BCUT2D eigenvalue weighted by molar-refractivity contribution is -0.124. The number of fused-ring (bicyclic) bond motifs is 5. The lowest BCUT2D eigenvalue weighted by atomic mass is 9.44. The number of ether oxygens (including phenoxy) is 1. The molecule has 0 amide bonds. The topological polar surface area (TPSA) is 47.3 Å². The van der Waals surface area contributed by atoms with Gasteiger partial charge < -0.3 is 15.8 Å². The van der Waals surface area contributed by atoms with Crippen molar-refractivity contribution in [3.05, 3.63) is 18.2 Å². The van der Waals surface area contributed by atoms with E-state index >= 15 is 0 Å². The van der Waals surface area contributed by atoms with Crippen molar-refractivity contribution in [2.75, 3.05) is 18.1 Å². The largest absolute Gasteiger partial charge is 0.488 e. The number of anilines is 2. The van der Waals surface area contributed by atoms with Crippen LogP contribution in [0, 0.1) is 40.4 Å². The number of hydrogen-bond acceptors (Lipinski definition) is 3. The smallest absolute Gasteiger partial charge is 0.142 e. The lowest BCUT2D eigenvalue weighted by Gasteiger charge is -2.61. The first-order chi connectivity index (χ1) is 14.9. The van der Waals surface area contributed by atoms with E-state index in [0.29, 0.717) is 16.9 Å². The second kappa shape index (κ2) is 7.89. The van der Waals surface area contributed by atoms with Gasteiger partial charge in [-0.25, -0.2) is 0 Å². The van der Waals surface area contributed by atoms with Crippen LogP contribution in [-0.2, 0) is 0 Å². The minimum absolute atomic E-state index is 0.321. The summed E-state index contributed by atoms with van der Waals surface area (Å²) in [6.45, 7) is 7.76. The van der Waals surface area contributed by atoms with Crippen LogP contribution in [0.15, 0.2) is 18.2 Å². The fraction of sp³-hybridized carbons (Fsp3) is 0.786.